The summed E-state index contributed by atoms with van der Waals surface area (Å²) in [5, 5.41) is 0.477. The Morgan fingerprint density at radius 1 is 1.35 bits per heavy atom. The number of anilines is 1. The molecule has 0 saturated carbocycles. The van der Waals surface area contributed by atoms with Crippen LogP contribution in [0.15, 0.2) is 24.4 Å². The van der Waals surface area contributed by atoms with E-state index in [-0.39, 0.29) is 4.88 Å². The Balaban J connectivity index is 2.12. The molecular formula is C14H11ClF2N2S. The van der Waals surface area contributed by atoms with Crippen molar-refractivity contribution in [3.8, 4) is 0 Å². The van der Waals surface area contributed by atoms with Gasteiger partial charge in [-0.25, -0.2) is 13.8 Å². The van der Waals surface area contributed by atoms with Crippen LogP contribution >= 0.6 is 22.9 Å². The minimum Gasteiger partial charge on any atom is -0.384 e. The van der Waals surface area contributed by atoms with Crippen LogP contribution < -0.4 is 5.73 Å². The number of rotatable bonds is 2. The summed E-state index contributed by atoms with van der Waals surface area (Å²) in [6.45, 7) is 0. The van der Waals surface area contributed by atoms with Crippen molar-refractivity contribution in [1.29, 1.82) is 0 Å². The predicted molar refractivity (Wildman–Crippen MR) is 78.3 cm³/mol. The molecule has 1 aliphatic carbocycles. The Labute approximate surface area is 123 Å². The van der Waals surface area contributed by atoms with E-state index in [2.05, 4.69) is 4.98 Å². The van der Waals surface area contributed by atoms with Crippen molar-refractivity contribution in [3.63, 3.8) is 0 Å². The second kappa shape index (κ2) is 5.14. The average molecular weight is 313 g/mol. The third-order valence-corrected chi connectivity index (χ3v) is 4.74. The highest BCUT2D eigenvalue weighted by atomic mass is 35.5. The number of halogens is 3. The largest absolute Gasteiger partial charge is 0.384 e. The molecule has 0 radical (unpaired) electrons. The first-order chi connectivity index (χ1) is 9.56. The van der Waals surface area contributed by atoms with Crippen LogP contribution in [0.4, 0.5) is 14.6 Å². The molecule has 20 heavy (non-hydrogen) atoms. The lowest BCUT2D eigenvalue weighted by molar-refractivity contribution is 0.155. The zero-order valence-electron chi connectivity index (χ0n) is 10.4. The molecule has 3 rings (SSSR count). The summed E-state index contributed by atoms with van der Waals surface area (Å²) in [6, 6.07) is 3.28. The maximum atomic E-state index is 12.9. The highest BCUT2D eigenvalue weighted by Crippen LogP contribution is 2.42. The molecule has 2 nitrogen and oxygen atoms in total. The second-order valence-corrected chi connectivity index (χ2v) is 6.04. The lowest BCUT2D eigenvalue weighted by Crippen LogP contribution is -1.99. The van der Waals surface area contributed by atoms with Crippen LogP contribution in [-0.4, -0.2) is 4.98 Å². The molecule has 0 saturated heterocycles. The smallest absolute Gasteiger partial charge is 0.272 e. The third-order valence-electron chi connectivity index (χ3n) is 3.22. The van der Waals surface area contributed by atoms with Gasteiger partial charge in [0.15, 0.2) is 0 Å². The topological polar surface area (TPSA) is 38.9 Å². The maximum absolute atomic E-state index is 12.9. The molecule has 2 N–H and O–H groups in total. The molecule has 0 atom stereocenters. The number of nitrogen functional groups attached to an aromatic ring is 1. The van der Waals surface area contributed by atoms with E-state index >= 15 is 0 Å². The van der Waals surface area contributed by atoms with Gasteiger partial charge in [0, 0.05) is 16.6 Å². The summed E-state index contributed by atoms with van der Waals surface area (Å²) in [6.07, 6.45) is 2.66. The summed E-state index contributed by atoms with van der Waals surface area (Å²) in [5.41, 5.74) is 8.28. The van der Waals surface area contributed by atoms with E-state index in [1.807, 2.05) is 6.08 Å². The highest BCUT2D eigenvalue weighted by Gasteiger charge is 2.22. The number of aryl methyl sites for hydroxylation is 1. The van der Waals surface area contributed by atoms with Crippen LogP contribution in [0.1, 0.15) is 33.7 Å². The fraction of sp³-hybridized carbons (Fsp3) is 0.214. The van der Waals surface area contributed by atoms with Crippen LogP contribution in [0.25, 0.3) is 5.57 Å². The lowest BCUT2D eigenvalue weighted by Gasteiger charge is -2.15. The van der Waals surface area contributed by atoms with E-state index in [4.69, 9.17) is 17.3 Å². The van der Waals surface area contributed by atoms with Crippen molar-refractivity contribution in [2.75, 3.05) is 5.73 Å². The van der Waals surface area contributed by atoms with Crippen molar-refractivity contribution in [1.82, 2.24) is 4.98 Å². The number of hydrogen-bond acceptors (Lipinski definition) is 3. The summed E-state index contributed by atoms with van der Waals surface area (Å²) in [5.74, 6) is 0.364. The Hall–Kier alpha value is -1.46. The molecule has 0 spiro atoms. The highest BCUT2D eigenvalue weighted by molar-refractivity contribution is 7.13. The van der Waals surface area contributed by atoms with Crippen LogP contribution in [0.5, 0.6) is 0 Å². The first kappa shape index (κ1) is 13.5. The fourth-order valence-electron chi connectivity index (χ4n) is 2.33. The van der Waals surface area contributed by atoms with Gasteiger partial charge in [-0.2, -0.15) is 0 Å². The van der Waals surface area contributed by atoms with E-state index in [9.17, 15) is 8.78 Å². The molecule has 0 bridgehead atoms. The first-order valence-electron chi connectivity index (χ1n) is 6.09. The monoisotopic (exact) mass is 312 g/mol. The van der Waals surface area contributed by atoms with Gasteiger partial charge in [0.1, 0.15) is 5.82 Å². The summed E-state index contributed by atoms with van der Waals surface area (Å²) in [7, 11) is 0. The standard InChI is InChI=1S/C14H11ClF2N2S/c15-10-6-19-12(18)5-9(10)8-3-1-2-7-4-11(14(16)17)20-13(7)8/h3-6,14H,1-2H2,(H2,18,19). The van der Waals surface area contributed by atoms with Crippen LogP contribution in [0.2, 0.25) is 5.02 Å². The molecule has 6 heteroatoms. The van der Waals surface area contributed by atoms with Crippen molar-refractivity contribution in [3.05, 3.63) is 50.3 Å². The second-order valence-electron chi connectivity index (χ2n) is 4.55. The van der Waals surface area contributed by atoms with E-state index in [1.54, 1.807) is 12.1 Å². The van der Waals surface area contributed by atoms with Gasteiger partial charge in [-0.3, -0.25) is 0 Å². The van der Waals surface area contributed by atoms with Crippen LogP contribution in [0.3, 0.4) is 0 Å². The van der Waals surface area contributed by atoms with Gasteiger partial charge in [-0.05, 0) is 36.1 Å². The number of allylic oxidation sites excluding steroid dienone is 1. The zero-order valence-corrected chi connectivity index (χ0v) is 11.9. The van der Waals surface area contributed by atoms with E-state index in [0.29, 0.717) is 10.8 Å². The first-order valence-corrected chi connectivity index (χ1v) is 7.28. The van der Waals surface area contributed by atoms with Crippen molar-refractivity contribution >= 4 is 34.3 Å². The average Bonchev–Trinajstić information content (AvgIpc) is 2.85. The number of fused-ring (bicyclic) bond motifs is 1. The number of thiophene rings is 1. The zero-order chi connectivity index (χ0) is 14.3. The molecular weight excluding hydrogens is 302 g/mol. The molecule has 0 aliphatic heterocycles. The predicted octanol–water partition coefficient (Wildman–Crippen LogP) is 4.69. The number of alkyl halides is 2. The molecule has 2 aromatic rings. The number of nitrogens with two attached hydrogens (primary N) is 1. The summed E-state index contributed by atoms with van der Waals surface area (Å²) >= 11 is 7.29. The maximum Gasteiger partial charge on any atom is 0.272 e. The summed E-state index contributed by atoms with van der Waals surface area (Å²) in [4.78, 5) is 4.88. The van der Waals surface area contributed by atoms with E-state index in [1.165, 1.54) is 6.20 Å². The van der Waals surface area contributed by atoms with Gasteiger partial charge in [0.05, 0.1) is 9.90 Å². The van der Waals surface area contributed by atoms with Crippen molar-refractivity contribution in [2.24, 2.45) is 0 Å². The van der Waals surface area contributed by atoms with Gasteiger partial charge in [0.25, 0.3) is 6.43 Å². The Morgan fingerprint density at radius 3 is 2.90 bits per heavy atom. The van der Waals surface area contributed by atoms with Crippen LogP contribution in [0, 0.1) is 0 Å². The number of nitrogens with zero attached hydrogens (tertiary/aromatic N) is 1. The van der Waals surface area contributed by atoms with Gasteiger partial charge in [0.2, 0.25) is 0 Å². The van der Waals surface area contributed by atoms with Gasteiger partial charge >= 0.3 is 0 Å². The molecule has 0 fully saturated rings. The summed E-state index contributed by atoms with van der Waals surface area (Å²) < 4.78 is 25.7. The minimum absolute atomic E-state index is 0.0981. The van der Waals surface area contributed by atoms with Gasteiger partial charge in [-0.15, -0.1) is 11.3 Å². The molecule has 2 aromatic heterocycles. The molecule has 1 aliphatic rings. The van der Waals surface area contributed by atoms with Crippen molar-refractivity contribution < 1.29 is 8.78 Å². The Kier molecular flexibility index (Phi) is 3.48. The Bertz CT molecular complexity index is 694. The number of aromatic nitrogens is 1. The minimum atomic E-state index is -2.44. The van der Waals surface area contributed by atoms with E-state index in [0.717, 1.165) is 45.8 Å². The fourth-order valence-corrected chi connectivity index (χ4v) is 3.66. The molecule has 0 aromatic carbocycles. The third kappa shape index (κ3) is 2.31. The number of pyridine rings is 1. The van der Waals surface area contributed by atoms with Gasteiger partial charge < -0.3 is 5.73 Å². The van der Waals surface area contributed by atoms with Crippen LogP contribution in [-0.2, 0) is 6.42 Å². The lowest BCUT2D eigenvalue weighted by atomic mass is 9.94. The quantitative estimate of drug-likeness (QED) is 0.873. The van der Waals surface area contributed by atoms with E-state index < -0.39 is 6.43 Å². The molecule has 104 valence electrons. The Morgan fingerprint density at radius 2 is 2.15 bits per heavy atom. The van der Waals surface area contributed by atoms with Crippen molar-refractivity contribution in [2.45, 2.75) is 19.3 Å². The van der Waals surface area contributed by atoms with Gasteiger partial charge in [-0.1, -0.05) is 17.7 Å². The number of hydrogen-bond donors (Lipinski definition) is 1. The normalized spacial score (nSPS) is 14.3. The SMILES string of the molecule is Nc1cc(C2=CCCc3cc(C(F)F)sc32)c(Cl)cn1. The molecule has 0 unspecified atom stereocenters. The molecule has 2 heterocycles. The molecule has 0 amide bonds.